The van der Waals surface area contributed by atoms with Crippen LogP contribution in [0.2, 0.25) is 0 Å². The standard InChI is InChI=1S/C14H22O2/c1-10(11-2-6-13(15)7-3-11)12-4-8-14(16)9-5-12/h2-3,6,10,12-16H,4-5,7-9H2,1H3. The third kappa shape index (κ3) is 2.74. The van der Waals surface area contributed by atoms with Gasteiger partial charge in [0.05, 0.1) is 12.2 Å². The molecule has 90 valence electrons. The Hall–Kier alpha value is -0.600. The van der Waals surface area contributed by atoms with Crippen molar-refractivity contribution in [2.45, 2.75) is 51.2 Å². The normalized spacial score (nSPS) is 36.9. The Bertz CT molecular complexity index is 285. The third-order valence-electron chi connectivity index (χ3n) is 4.08. The van der Waals surface area contributed by atoms with E-state index in [0.717, 1.165) is 32.1 Å². The molecule has 0 aromatic rings. The summed E-state index contributed by atoms with van der Waals surface area (Å²) < 4.78 is 0. The van der Waals surface area contributed by atoms with Crippen LogP contribution in [-0.2, 0) is 0 Å². The molecule has 0 radical (unpaired) electrons. The van der Waals surface area contributed by atoms with Crippen LogP contribution in [0.4, 0.5) is 0 Å². The number of aliphatic hydroxyl groups is 2. The van der Waals surface area contributed by atoms with Gasteiger partial charge in [0.2, 0.25) is 0 Å². The Morgan fingerprint density at radius 2 is 1.88 bits per heavy atom. The van der Waals surface area contributed by atoms with Crippen LogP contribution in [0.3, 0.4) is 0 Å². The van der Waals surface area contributed by atoms with Gasteiger partial charge in [0.25, 0.3) is 0 Å². The van der Waals surface area contributed by atoms with Crippen LogP contribution < -0.4 is 0 Å². The Morgan fingerprint density at radius 1 is 1.19 bits per heavy atom. The van der Waals surface area contributed by atoms with Crippen LogP contribution in [-0.4, -0.2) is 22.4 Å². The van der Waals surface area contributed by atoms with Gasteiger partial charge in [-0.3, -0.25) is 0 Å². The van der Waals surface area contributed by atoms with Crippen LogP contribution in [0.25, 0.3) is 0 Å². The lowest BCUT2D eigenvalue weighted by Crippen LogP contribution is -2.24. The zero-order valence-corrected chi connectivity index (χ0v) is 9.97. The zero-order chi connectivity index (χ0) is 11.5. The van der Waals surface area contributed by atoms with E-state index in [9.17, 15) is 10.2 Å². The highest BCUT2D eigenvalue weighted by molar-refractivity contribution is 5.26. The first kappa shape index (κ1) is 11.9. The number of hydrogen-bond acceptors (Lipinski definition) is 2. The summed E-state index contributed by atoms with van der Waals surface area (Å²) in [7, 11) is 0. The second-order valence-electron chi connectivity index (χ2n) is 5.22. The summed E-state index contributed by atoms with van der Waals surface area (Å²) in [6.45, 7) is 2.27. The Labute approximate surface area is 97.7 Å². The van der Waals surface area contributed by atoms with E-state index in [1.807, 2.05) is 6.08 Å². The number of rotatable bonds is 2. The molecule has 0 spiro atoms. The quantitative estimate of drug-likeness (QED) is 0.753. The lowest BCUT2D eigenvalue weighted by atomic mass is 9.76. The third-order valence-corrected chi connectivity index (χ3v) is 4.08. The molecule has 2 unspecified atom stereocenters. The Kier molecular flexibility index (Phi) is 3.82. The molecule has 2 nitrogen and oxygen atoms in total. The predicted octanol–water partition coefficient (Wildman–Crippen LogP) is 2.42. The van der Waals surface area contributed by atoms with E-state index < -0.39 is 0 Å². The van der Waals surface area contributed by atoms with Gasteiger partial charge in [-0.1, -0.05) is 25.2 Å². The molecule has 1 fully saturated rings. The average Bonchev–Trinajstić information content (AvgIpc) is 2.30. The van der Waals surface area contributed by atoms with Gasteiger partial charge in [-0.2, -0.15) is 0 Å². The van der Waals surface area contributed by atoms with Crippen LogP contribution in [0.15, 0.2) is 23.8 Å². The largest absolute Gasteiger partial charge is 0.393 e. The maximum atomic E-state index is 9.49. The maximum Gasteiger partial charge on any atom is 0.0758 e. The SMILES string of the molecule is CC(C1=CCC(O)C=C1)C1CCC(O)CC1. The molecule has 0 amide bonds. The highest BCUT2D eigenvalue weighted by Crippen LogP contribution is 2.35. The molecule has 2 heteroatoms. The minimum atomic E-state index is -0.288. The fourth-order valence-corrected chi connectivity index (χ4v) is 2.84. The van der Waals surface area contributed by atoms with E-state index in [2.05, 4.69) is 19.1 Å². The Morgan fingerprint density at radius 3 is 2.44 bits per heavy atom. The summed E-state index contributed by atoms with van der Waals surface area (Å²) in [4.78, 5) is 0. The fourth-order valence-electron chi connectivity index (χ4n) is 2.84. The number of hydrogen-bond donors (Lipinski definition) is 2. The molecule has 16 heavy (non-hydrogen) atoms. The molecule has 0 bridgehead atoms. The first-order chi connectivity index (χ1) is 7.66. The minimum absolute atomic E-state index is 0.0684. The van der Waals surface area contributed by atoms with Crippen LogP contribution in [0, 0.1) is 11.8 Å². The molecule has 2 aliphatic carbocycles. The van der Waals surface area contributed by atoms with Crippen molar-refractivity contribution >= 4 is 0 Å². The lowest BCUT2D eigenvalue weighted by molar-refractivity contribution is 0.0986. The van der Waals surface area contributed by atoms with E-state index in [1.165, 1.54) is 5.57 Å². The number of allylic oxidation sites excluding steroid dienone is 2. The summed E-state index contributed by atoms with van der Waals surface area (Å²) in [6, 6.07) is 0. The molecule has 2 rings (SSSR count). The molecular formula is C14H22O2. The van der Waals surface area contributed by atoms with Crippen molar-refractivity contribution in [1.29, 1.82) is 0 Å². The Balaban J connectivity index is 1.92. The van der Waals surface area contributed by atoms with Gasteiger partial charge in [0.1, 0.15) is 0 Å². The average molecular weight is 222 g/mol. The van der Waals surface area contributed by atoms with Crippen LogP contribution in [0.5, 0.6) is 0 Å². The monoisotopic (exact) mass is 222 g/mol. The molecule has 2 aliphatic rings. The topological polar surface area (TPSA) is 40.5 Å². The molecular weight excluding hydrogens is 200 g/mol. The van der Waals surface area contributed by atoms with Gasteiger partial charge < -0.3 is 10.2 Å². The van der Waals surface area contributed by atoms with Crippen LogP contribution in [0.1, 0.15) is 39.0 Å². The van der Waals surface area contributed by atoms with Gasteiger partial charge >= 0.3 is 0 Å². The van der Waals surface area contributed by atoms with Gasteiger partial charge in [-0.15, -0.1) is 0 Å². The molecule has 0 heterocycles. The molecule has 0 saturated heterocycles. The van der Waals surface area contributed by atoms with Crippen molar-refractivity contribution < 1.29 is 10.2 Å². The van der Waals surface area contributed by atoms with E-state index in [0.29, 0.717) is 11.8 Å². The summed E-state index contributed by atoms with van der Waals surface area (Å²) in [6.07, 6.45) is 10.7. The summed E-state index contributed by atoms with van der Waals surface area (Å²) in [5, 5.41) is 18.9. The molecule has 1 saturated carbocycles. The molecule has 0 aromatic carbocycles. The summed E-state index contributed by atoms with van der Waals surface area (Å²) in [5.41, 5.74) is 1.37. The summed E-state index contributed by atoms with van der Waals surface area (Å²) in [5.74, 6) is 1.27. The van der Waals surface area contributed by atoms with Crippen molar-refractivity contribution in [3.05, 3.63) is 23.8 Å². The first-order valence-electron chi connectivity index (χ1n) is 6.41. The van der Waals surface area contributed by atoms with Gasteiger partial charge in [-0.05, 0) is 49.5 Å². The fraction of sp³-hybridized carbons (Fsp3) is 0.714. The number of aliphatic hydroxyl groups excluding tert-OH is 2. The first-order valence-corrected chi connectivity index (χ1v) is 6.41. The molecule has 0 aliphatic heterocycles. The van der Waals surface area contributed by atoms with Crippen molar-refractivity contribution in [3.8, 4) is 0 Å². The highest BCUT2D eigenvalue weighted by atomic mass is 16.3. The molecule has 2 N–H and O–H groups in total. The maximum absolute atomic E-state index is 9.49. The molecule has 2 atom stereocenters. The van der Waals surface area contributed by atoms with Crippen molar-refractivity contribution in [2.24, 2.45) is 11.8 Å². The molecule has 0 aromatic heterocycles. The predicted molar refractivity (Wildman–Crippen MR) is 65.0 cm³/mol. The van der Waals surface area contributed by atoms with Crippen molar-refractivity contribution in [2.75, 3.05) is 0 Å². The smallest absolute Gasteiger partial charge is 0.0758 e. The highest BCUT2D eigenvalue weighted by Gasteiger charge is 2.26. The van der Waals surface area contributed by atoms with Gasteiger partial charge in [0.15, 0.2) is 0 Å². The second kappa shape index (κ2) is 5.15. The van der Waals surface area contributed by atoms with Gasteiger partial charge in [0, 0.05) is 0 Å². The van der Waals surface area contributed by atoms with E-state index in [1.54, 1.807) is 0 Å². The summed E-state index contributed by atoms with van der Waals surface area (Å²) >= 11 is 0. The lowest BCUT2D eigenvalue weighted by Gasteiger charge is -2.31. The van der Waals surface area contributed by atoms with Gasteiger partial charge in [-0.25, -0.2) is 0 Å². The van der Waals surface area contributed by atoms with Crippen LogP contribution >= 0.6 is 0 Å². The van der Waals surface area contributed by atoms with E-state index >= 15 is 0 Å². The minimum Gasteiger partial charge on any atom is -0.393 e. The van der Waals surface area contributed by atoms with E-state index in [-0.39, 0.29) is 12.2 Å². The van der Waals surface area contributed by atoms with E-state index in [4.69, 9.17) is 0 Å². The zero-order valence-electron chi connectivity index (χ0n) is 9.97. The van der Waals surface area contributed by atoms with Crippen molar-refractivity contribution in [3.63, 3.8) is 0 Å². The van der Waals surface area contributed by atoms with Crippen molar-refractivity contribution in [1.82, 2.24) is 0 Å². The second-order valence-corrected chi connectivity index (χ2v) is 5.22.